The molecule has 5 aromatic rings. The monoisotopic (exact) mass is 629 g/mol. The van der Waals surface area contributed by atoms with Gasteiger partial charge in [-0.15, -0.1) is 0 Å². The summed E-state index contributed by atoms with van der Waals surface area (Å²) in [5.41, 5.74) is 18.7. The van der Waals surface area contributed by atoms with E-state index >= 15 is 0 Å². The lowest BCUT2D eigenvalue weighted by Gasteiger charge is -2.46. The molecule has 6 N–H and O–H groups in total. The van der Waals surface area contributed by atoms with Crippen LogP contribution in [0.2, 0.25) is 0 Å². The number of fused-ring (bicyclic) bond motifs is 6. The van der Waals surface area contributed by atoms with Gasteiger partial charge in [-0.2, -0.15) is 0 Å². The molecule has 3 aromatic heterocycles. The Hall–Kier alpha value is -3.96. The highest BCUT2D eigenvalue weighted by atomic mass is 32.2. The average molecular weight is 630 g/mol. The third kappa shape index (κ3) is 5.79. The van der Waals surface area contributed by atoms with Gasteiger partial charge in [-0.05, 0) is 43.1 Å². The van der Waals surface area contributed by atoms with Crippen LogP contribution in [-0.4, -0.2) is 55.7 Å². The topological polar surface area (TPSA) is 134 Å². The number of para-hydroxylation sites is 2. The fourth-order valence-electron chi connectivity index (χ4n) is 6.08. The summed E-state index contributed by atoms with van der Waals surface area (Å²) in [6, 6.07) is 16.4. The first kappa shape index (κ1) is 32.4. The van der Waals surface area contributed by atoms with Crippen LogP contribution in [0.15, 0.2) is 48.5 Å². The molecule has 4 heterocycles. The molecule has 0 aliphatic carbocycles. The Kier molecular flexibility index (Phi) is 9.50. The minimum Gasteiger partial charge on any atom is -0.397 e. The van der Waals surface area contributed by atoms with Gasteiger partial charge in [0.15, 0.2) is 5.82 Å². The molecular weight excluding hydrogens is 583 g/mol. The van der Waals surface area contributed by atoms with E-state index in [1.807, 2.05) is 36.0 Å². The number of pyridine rings is 2. The van der Waals surface area contributed by atoms with Gasteiger partial charge in [0.05, 0.1) is 22.2 Å². The Bertz CT molecular complexity index is 1800. The molecule has 1 aliphatic heterocycles. The third-order valence-corrected chi connectivity index (χ3v) is 9.38. The lowest BCUT2D eigenvalue weighted by atomic mass is 10.1. The molecule has 45 heavy (non-hydrogen) atoms. The largest absolute Gasteiger partial charge is 0.397 e. The van der Waals surface area contributed by atoms with Crippen molar-refractivity contribution in [1.82, 2.24) is 19.5 Å². The fraction of sp³-hybridized carbons (Fsp3) is 0.441. The summed E-state index contributed by atoms with van der Waals surface area (Å²) in [7, 11) is 2.13. The summed E-state index contributed by atoms with van der Waals surface area (Å²) >= 11 is 1.86. The number of nitrogens with one attached hydrogen (secondary N) is 1. The number of benzene rings is 2. The van der Waals surface area contributed by atoms with Gasteiger partial charge in [-0.25, -0.2) is 15.0 Å². The molecule has 11 heteroatoms. The van der Waals surface area contributed by atoms with Crippen LogP contribution >= 0.6 is 11.8 Å². The molecule has 0 saturated carbocycles. The number of nitrogen functional groups attached to an aromatic ring is 2. The number of hydrogen-bond acceptors (Lipinski definition) is 10. The van der Waals surface area contributed by atoms with Crippen LogP contribution in [0.5, 0.6) is 0 Å². The number of nitrogens with zero attached hydrogens (tertiary/aromatic N) is 6. The fourth-order valence-corrected chi connectivity index (χ4v) is 7.34. The Morgan fingerprint density at radius 1 is 0.889 bits per heavy atom. The molecule has 0 bridgehead atoms. The second-order valence-corrected chi connectivity index (χ2v) is 13.6. The smallest absolute Gasteiger partial charge is 0.243 e. The highest BCUT2D eigenvalue weighted by molar-refractivity contribution is 8.01. The molecule has 1 aliphatic rings. The van der Waals surface area contributed by atoms with Crippen molar-refractivity contribution in [2.24, 2.45) is 11.8 Å². The second kappa shape index (κ2) is 13.2. The summed E-state index contributed by atoms with van der Waals surface area (Å²) in [4.78, 5) is 19.5. The van der Waals surface area contributed by atoms with Crippen molar-refractivity contribution in [3.8, 4) is 0 Å². The predicted molar refractivity (Wildman–Crippen MR) is 193 cm³/mol. The molecule has 0 spiro atoms. The van der Waals surface area contributed by atoms with Gasteiger partial charge in [0.1, 0.15) is 17.0 Å². The van der Waals surface area contributed by atoms with Gasteiger partial charge in [0, 0.05) is 37.5 Å². The van der Waals surface area contributed by atoms with Crippen molar-refractivity contribution >= 4 is 73.6 Å². The maximum Gasteiger partial charge on any atom is 0.243 e. The van der Waals surface area contributed by atoms with E-state index in [2.05, 4.69) is 85.6 Å². The zero-order valence-electron chi connectivity index (χ0n) is 27.5. The Labute approximate surface area is 270 Å². The van der Waals surface area contributed by atoms with Crippen LogP contribution in [0.3, 0.4) is 0 Å². The maximum atomic E-state index is 7.57. The van der Waals surface area contributed by atoms with Crippen LogP contribution in [0.1, 0.15) is 48.0 Å². The standard InChI is InChI=1S/C32H41N9S.C2H6O/c1-7-16-42-32(38-26-28(41(32)18-20(4)5)22-13-9-11-15-24(22)36-30(26)34)39(6)31-37-25-27(40(31)17-19(2)3)21-12-8-10-14-23(21)35-29(25)33;1-2-3/h8-15,19-20,38H,7,16-18H2,1-6H3,(H2,33,35)(H2,34,36);3H,2H2,1H3. The van der Waals surface area contributed by atoms with Gasteiger partial charge >= 0.3 is 0 Å². The summed E-state index contributed by atoms with van der Waals surface area (Å²) < 4.78 is 2.33. The van der Waals surface area contributed by atoms with Gasteiger partial charge < -0.3 is 31.4 Å². The van der Waals surface area contributed by atoms with Crippen molar-refractivity contribution in [3.63, 3.8) is 0 Å². The second-order valence-electron chi connectivity index (χ2n) is 12.3. The number of nitrogens with two attached hydrogens (primary N) is 2. The summed E-state index contributed by atoms with van der Waals surface area (Å²) in [6.45, 7) is 14.7. The Morgan fingerprint density at radius 3 is 2.09 bits per heavy atom. The number of thioether (sulfide) groups is 1. The van der Waals surface area contributed by atoms with E-state index in [4.69, 9.17) is 31.5 Å². The number of hydrogen-bond donors (Lipinski definition) is 4. The van der Waals surface area contributed by atoms with E-state index in [1.165, 1.54) is 0 Å². The zero-order chi connectivity index (χ0) is 32.5. The first-order valence-electron chi connectivity index (χ1n) is 15.8. The zero-order valence-corrected chi connectivity index (χ0v) is 28.3. The van der Waals surface area contributed by atoms with E-state index in [1.54, 1.807) is 6.92 Å². The Balaban J connectivity index is 0.00000128. The molecule has 0 amide bonds. The van der Waals surface area contributed by atoms with E-state index in [-0.39, 0.29) is 6.61 Å². The molecule has 0 fully saturated rings. The number of rotatable bonds is 9. The van der Waals surface area contributed by atoms with Gasteiger partial charge in [-0.1, -0.05) is 82.8 Å². The predicted octanol–water partition coefficient (Wildman–Crippen LogP) is 6.73. The van der Waals surface area contributed by atoms with Crippen LogP contribution in [0.25, 0.3) is 32.8 Å². The summed E-state index contributed by atoms with van der Waals surface area (Å²) in [5, 5.41) is 12.9. The maximum absolute atomic E-state index is 7.57. The lowest BCUT2D eigenvalue weighted by Crippen LogP contribution is -2.61. The van der Waals surface area contributed by atoms with Crippen LogP contribution in [0, 0.1) is 11.8 Å². The number of imidazole rings is 1. The van der Waals surface area contributed by atoms with Crippen molar-refractivity contribution in [1.29, 1.82) is 0 Å². The van der Waals surface area contributed by atoms with Gasteiger partial charge in [-0.3, -0.25) is 4.90 Å². The number of aromatic nitrogens is 4. The first-order chi connectivity index (χ1) is 21.6. The molecule has 0 saturated heterocycles. The molecular formula is C34H47N9OS. The SMILES string of the molecule is CCCSC1(N(C)c2nc3c(N)nc4ccccc4c3n2CC(C)C)Nc2c(N)nc3ccccc3c2N1CC(C)C.CCO. The van der Waals surface area contributed by atoms with E-state index < -0.39 is 5.12 Å². The minimum atomic E-state index is -0.712. The number of aliphatic hydroxyl groups excluding tert-OH is 1. The number of aliphatic hydroxyl groups is 1. The van der Waals surface area contributed by atoms with Crippen molar-refractivity contribution in [2.45, 2.75) is 59.6 Å². The molecule has 1 atom stereocenters. The third-order valence-electron chi connectivity index (χ3n) is 7.76. The quantitative estimate of drug-likeness (QED) is 0.130. The number of anilines is 5. The highest BCUT2D eigenvalue weighted by Crippen LogP contribution is 2.53. The van der Waals surface area contributed by atoms with Gasteiger partial charge in [0.2, 0.25) is 11.1 Å². The Morgan fingerprint density at radius 2 is 1.47 bits per heavy atom. The lowest BCUT2D eigenvalue weighted by molar-refractivity contribution is 0.318. The minimum absolute atomic E-state index is 0.250. The van der Waals surface area contributed by atoms with Crippen LogP contribution < -0.4 is 26.6 Å². The van der Waals surface area contributed by atoms with Crippen LogP contribution in [0.4, 0.5) is 29.0 Å². The van der Waals surface area contributed by atoms with Crippen molar-refractivity contribution in [2.75, 3.05) is 52.5 Å². The van der Waals surface area contributed by atoms with Gasteiger partial charge in [0.25, 0.3) is 0 Å². The molecule has 10 nitrogen and oxygen atoms in total. The molecule has 2 aromatic carbocycles. The van der Waals surface area contributed by atoms with E-state index in [9.17, 15) is 0 Å². The molecule has 6 rings (SSSR count). The normalized spacial score (nSPS) is 16.0. The molecule has 0 radical (unpaired) electrons. The molecule has 240 valence electrons. The first-order valence-corrected chi connectivity index (χ1v) is 16.8. The van der Waals surface area contributed by atoms with E-state index in [0.717, 1.165) is 75.4 Å². The highest BCUT2D eigenvalue weighted by Gasteiger charge is 2.51. The summed E-state index contributed by atoms with van der Waals surface area (Å²) in [6.07, 6.45) is 1.02. The van der Waals surface area contributed by atoms with E-state index in [0.29, 0.717) is 23.5 Å². The van der Waals surface area contributed by atoms with Crippen molar-refractivity contribution in [3.05, 3.63) is 48.5 Å². The van der Waals surface area contributed by atoms with Crippen LogP contribution in [-0.2, 0) is 6.54 Å². The summed E-state index contributed by atoms with van der Waals surface area (Å²) in [5.74, 6) is 3.47. The average Bonchev–Trinajstić information content (AvgIpc) is 3.54. The molecule has 1 unspecified atom stereocenters. The van der Waals surface area contributed by atoms with Crippen molar-refractivity contribution < 1.29 is 5.11 Å².